The molecule has 26 heavy (non-hydrogen) atoms. The molecule has 0 spiro atoms. The molecule has 2 heterocycles. The van der Waals surface area contributed by atoms with Crippen molar-refractivity contribution in [2.45, 2.75) is 12.1 Å². The second kappa shape index (κ2) is 6.98. The summed E-state index contributed by atoms with van der Waals surface area (Å²) in [5.74, 6) is -0.686. The van der Waals surface area contributed by atoms with E-state index in [9.17, 15) is 19.8 Å². The molecule has 9 heteroatoms. The Labute approximate surface area is 148 Å². The summed E-state index contributed by atoms with van der Waals surface area (Å²) in [5, 5.41) is 26.6. The lowest BCUT2D eigenvalue weighted by Gasteiger charge is -2.25. The lowest BCUT2D eigenvalue weighted by molar-refractivity contribution is 0.0589. The van der Waals surface area contributed by atoms with E-state index < -0.39 is 30.3 Å². The van der Waals surface area contributed by atoms with E-state index in [-0.39, 0.29) is 16.8 Å². The van der Waals surface area contributed by atoms with Crippen LogP contribution in [-0.2, 0) is 4.74 Å². The third kappa shape index (κ3) is 3.05. The van der Waals surface area contributed by atoms with E-state index >= 15 is 0 Å². The molecule has 2 atom stereocenters. The number of carbonyl (C=O) groups excluding carboxylic acids is 1. The van der Waals surface area contributed by atoms with Gasteiger partial charge < -0.3 is 25.3 Å². The number of aromatic amines is 1. The molecule has 2 aliphatic rings. The van der Waals surface area contributed by atoms with Crippen molar-refractivity contribution in [3.05, 3.63) is 58.1 Å². The monoisotopic (exact) mass is 358 g/mol. The number of hydrogen-bond acceptors (Lipinski definition) is 7. The summed E-state index contributed by atoms with van der Waals surface area (Å²) in [6, 6.07) is 5.69. The van der Waals surface area contributed by atoms with Crippen molar-refractivity contribution in [3.63, 3.8) is 0 Å². The predicted molar refractivity (Wildman–Crippen MR) is 92.7 cm³/mol. The first-order chi connectivity index (χ1) is 12.5. The molecular weight excluding hydrogens is 340 g/mol. The van der Waals surface area contributed by atoms with Crippen molar-refractivity contribution in [2.75, 3.05) is 19.5 Å². The molecule has 0 amide bonds. The van der Waals surface area contributed by atoms with Gasteiger partial charge in [-0.2, -0.15) is 5.10 Å². The van der Waals surface area contributed by atoms with Gasteiger partial charge in [0.05, 0.1) is 25.3 Å². The summed E-state index contributed by atoms with van der Waals surface area (Å²) >= 11 is 0. The van der Waals surface area contributed by atoms with Crippen LogP contribution in [0.3, 0.4) is 0 Å². The molecule has 5 N–H and O–H groups in total. The van der Waals surface area contributed by atoms with Crippen molar-refractivity contribution >= 4 is 11.7 Å². The van der Waals surface area contributed by atoms with Gasteiger partial charge in [0, 0.05) is 18.1 Å². The van der Waals surface area contributed by atoms with Crippen LogP contribution < -0.4 is 11.3 Å². The zero-order valence-electron chi connectivity index (χ0n) is 13.9. The van der Waals surface area contributed by atoms with Crippen LogP contribution in [-0.4, -0.2) is 44.7 Å². The smallest absolute Gasteiger partial charge is 0.341 e. The molecule has 0 fully saturated rings. The van der Waals surface area contributed by atoms with E-state index in [1.54, 1.807) is 24.3 Å². The summed E-state index contributed by atoms with van der Waals surface area (Å²) in [6.07, 6.45) is 1.71. The van der Waals surface area contributed by atoms with E-state index in [1.807, 2.05) is 0 Å². The highest BCUT2D eigenvalue weighted by Crippen LogP contribution is 2.30. The van der Waals surface area contributed by atoms with Crippen LogP contribution in [0.4, 0.5) is 5.69 Å². The van der Waals surface area contributed by atoms with E-state index in [4.69, 9.17) is 10.5 Å². The number of H-pyrrole nitrogens is 1. The number of ether oxygens (including phenoxy) is 1. The van der Waals surface area contributed by atoms with Gasteiger partial charge in [-0.05, 0) is 17.7 Å². The van der Waals surface area contributed by atoms with Gasteiger partial charge in [-0.3, -0.25) is 4.79 Å². The Morgan fingerprint density at radius 3 is 2.65 bits per heavy atom. The number of hydrogen-bond donors (Lipinski definition) is 4. The van der Waals surface area contributed by atoms with Gasteiger partial charge in [-0.1, -0.05) is 12.1 Å². The Kier molecular flexibility index (Phi) is 4.74. The summed E-state index contributed by atoms with van der Waals surface area (Å²) < 4.78 is 6.14. The molecule has 1 aromatic carbocycles. The Morgan fingerprint density at radius 2 is 2.04 bits per heavy atom. The van der Waals surface area contributed by atoms with Crippen LogP contribution in [0.25, 0.3) is 11.3 Å². The predicted octanol–water partition coefficient (Wildman–Crippen LogP) is 0.312. The maximum absolute atomic E-state index is 12.0. The molecule has 0 unspecified atom stereocenters. The van der Waals surface area contributed by atoms with Crippen LogP contribution in [0.2, 0.25) is 0 Å². The van der Waals surface area contributed by atoms with Gasteiger partial charge >= 0.3 is 5.97 Å². The molecule has 1 aromatic rings. The summed E-state index contributed by atoms with van der Waals surface area (Å²) in [7, 11) is 1.21. The van der Waals surface area contributed by atoms with E-state index in [2.05, 4.69) is 10.2 Å². The number of aliphatic hydroxyl groups excluding tert-OH is 2. The number of aromatic nitrogens is 3. The first-order valence-electron chi connectivity index (χ1n) is 7.78. The van der Waals surface area contributed by atoms with Crippen molar-refractivity contribution in [2.24, 2.45) is 0 Å². The highest BCUT2D eigenvalue weighted by atomic mass is 16.5. The molecule has 0 saturated heterocycles. The molecule has 0 aromatic heterocycles. The number of nitrogen functional groups attached to an aromatic ring is 1. The number of fused-ring (bicyclic) bond motifs is 1. The van der Waals surface area contributed by atoms with E-state index in [1.165, 1.54) is 24.1 Å². The highest BCUT2D eigenvalue weighted by molar-refractivity contribution is 5.95. The van der Waals surface area contributed by atoms with Crippen LogP contribution in [0.15, 0.2) is 41.5 Å². The lowest BCUT2D eigenvalue weighted by Crippen LogP contribution is -2.23. The SMILES string of the molecule is COC(=O)c1cn([C@H](CO)[C@H](O)c2ccc(N)cc2)cc2c(=O)[nH]nc1-2. The molecule has 9 nitrogen and oxygen atoms in total. The number of esters is 1. The standard InChI is InChI=1S/C17H18N4O5/c1-26-17(25)12-7-21(6-11-14(12)19-20-16(11)24)13(8-22)15(23)9-2-4-10(18)5-3-9/h2-7,13,15,22-23H,8,18H2,1H3,(H,20,24)/t13-,15-/m1/s1. The number of carbonyl (C=O) groups is 1. The van der Waals surface area contributed by atoms with Gasteiger partial charge in [0.1, 0.15) is 17.4 Å². The fraction of sp³-hybridized carbons (Fsp3) is 0.235. The molecular formula is C17H18N4O5. The molecule has 0 aliphatic carbocycles. The van der Waals surface area contributed by atoms with Gasteiger partial charge in [0.2, 0.25) is 0 Å². The van der Waals surface area contributed by atoms with Crippen LogP contribution in [0, 0.1) is 0 Å². The molecule has 0 saturated carbocycles. The fourth-order valence-corrected chi connectivity index (χ4v) is 2.78. The average molecular weight is 358 g/mol. The van der Waals surface area contributed by atoms with Crippen molar-refractivity contribution in [1.82, 2.24) is 14.8 Å². The van der Waals surface area contributed by atoms with Gasteiger partial charge in [0.25, 0.3) is 5.56 Å². The van der Waals surface area contributed by atoms with Crippen molar-refractivity contribution < 1.29 is 19.7 Å². The fourth-order valence-electron chi connectivity index (χ4n) is 2.78. The average Bonchev–Trinajstić information content (AvgIpc) is 3.02. The minimum atomic E-state index is -1.10. The third-order valence-electron chi connectivity index (χ3n) is 4.20. The summed E-state index contributed by atoms with van der Waals surface area (Å²) in [5.41, 5.74) is 6.59. The lowest BCUT2D eigenvalue weighted by atomic mass is 10.0. The third-order valence-corrected chi connectivity index (χ3v) is 4.20. The van der Waals surface area contributed by atoms with Crippen molar-refractivity contribution in [1.29, 1.82) is 0 Å². The molecule has 0 radical (unpaired) electrons. The number of benzene rings is 1. The van der Waals surface area contributed by atoms with Crippen LogP contribution in [0.1, 0.15) is 28.1 Å². The topological polar surface area (TPSA) is 143 Å². The van der Waals surface area contributed by atoms with Gasteiger partial charge in [-0.15, -0.1) is 0 Å². The summed E-state index contributed by atoms with van der Waals surface area (Å²) in [6.45, 7) is -0.436. The maximum Gasteiger partial charge on any atom is 0.341 e. The first kappa shape index (κ1) is 17.6. The Balaban J connectivity index is 2.10. The Morgan fingerprint density at radius 1 is 1.35 bits per heavy atom. The van der Waals surface area contributed by atoms with Gasteiger partial charge in [0.15, 0.2) is 0 Å². The minimum Gasteiger partial charge on any atom is -0.465 e. The quantitative estimate of drug-likeness (QED) is 0.379. The Bertz CT molecular complexity index is 947. The number of methoxy groups -OCH3 is 1. The molecule has 136 valence electrons. The van der Waals surface area contributed by atoms with E-state index in [0.29, 0.717) is 11.3 Å². The largest absolute Gasteiger partial charge is 0.465 e. The maximum atomic E-state index is 12.0. The minimum absolute atomic E-state index is 0.0475. The van der Waals surface area contributed by atoms with Crippen LogP contribution in [0.5, 0.6) is 0 Å². The molecule has 3 rings (SSSR count). The van der Waals surface area contributed by atoms with E-state index in [0.717, 1.165) is 0 Å². The number of nitrogens with two attached hydrogens (primary N) is 1. The zero-order chi connectivity index (χ0) is 18.8. The summed E-state index contributed by atoms with van der Waals surface area (Å²) in [4.78, 5) is 24.0. The number of anilines is 1. The zero-order valence-corrected chi connectivity index (χ0v) is 13.9. The number of pyridine rings is 1. The number of nitrogens with zero attached hydrogens (tertiary/aromatic N) is 2. The normalized spacial score (nSPS) is 13.5. The number of aliphatic hydroxyl groups is 2. The molecule has 0 bridgehead atoms. The van der Waals surface area contributed by atoms with Crippen LogP contribution >= 0.6 is 0 Å². The van der Waals surface area contributed by atoms with Crippen molar-refractivity contribution in [3.8, 4) is 11.3 Å². The second-order valence-electron chi connectivity index (χ2n) is 5.79. The first-order valence-corrected chi connectivity index (χ1v) is 7.78. The number of rotatable bonds is 5. The Hall–Kier alpha value is -3.17. The highest BCUT2D eigenvalue weighted by Gasteiger charge is 2.27. The van der Waals surface area contributed by atoms with Gasteiger partial charge in [-0.25, -0.2) is 9.89 Å². The molecule has 2 aliphatic heterocycles. The second-order valence-corrected chi connectivity index (χ2v) is 5.79. The number of nitrogens with one attached hydrogen (secondary N) is 1.